The fourth-order valence-corrected chi connectivity index (χ4v) is 1.92. The minimum absolute atomic E-state index is 0.184. The van der Waals surface area contributed by atoms with E-state index in [1.54, 1.807) is 24.3 Å². The molecule has 98 valence electrons. The lowest BCUT2D eigenvalue weighted by Gasteiger charge is -2.15. The molecule has 1 aromatic heterocycles. The van der Waals surface area contributed by atoms with Gasteiger partial charge < -0.3 is 4.57 Å². The third-order valence-electron chi connectivity index (χ3n) is 3.10. The lowest BCUT2D eigenvalue weighted by atomic mass is 10.1. The van der Waals surface area contributed by atoms with E-state index in [2.05, 4.69) is 4.98 Å². The smallest absolute Gasteiger partial charge is 0.320 e. The molecule has 1 heterocycles. The number of rotatable bonds is 3. The van der Waals surface area contributed by atoms with Crippen molar-refractivity contribution in [1.82, 2.24) is 9.55 Å². The van der Waals surface area contributed by atoms with Gasteiger partial charge in [-0.25, -0.2) is 4.98 Å². The van der Waals surface area contributed by atoms with E-state index >= 15 is 0 Å². The lowest BCUT2D eigenvalue weighted by Crippen LogP contribution is -2.17. The van der Waals surface area contributed by atoms with Gasteiger partial charge in [-0.05, 0) is 18.1 Å². The Kier molecular flexibility index (Phi) is 3.32. The number of alkyl halides is 3. The van der Waals surface area contributed by atoms with Gasteiger partial charge in [0.1, 0.15) is 0 Å². The standard InChI is InChI=1S/C13H15F3N2/c1-3-9(2)8-18-11-7-5-4-6-10(11)17-12(18)13(14,15)16/h4-7,9H,3,8H2,1-2H3/t9-/m1/s1. The Hall–Kier alpha value is -1.52. The van der Waals surface area contributed by atoms with Crippen molar-refractivity contribution in [2.75, 3.05) is 0 Å². The summed E-state index contributed by atoms with van der Waals surface area (Å²) in [6.07, 6.45) is -3.57. The summed E-state index contributed by atoms with van der Waals surface area (Å²) < 4.78 is 40.2. The summed E-state index contributed by atoms with van der Waals surface area (Å²) in [4.78, 5) is 3.71. The number of hydrogen-bond acceptors (Lipinski definition) is 1. The Labute approximate surface area is 103 Å². The SMILES string of the molecule is CC[C@@H](C)Cn1c(C(F)(F)F)nc2ccccc21. The van der Waals surface area contributed by atoms with E-state index in [9.17, 15) is 13.2 Å². The predicted molar refractivity (Wildman–Crippen MR) is 64.2 cm³/mol. The summed E-state index contributed by atoms with van der Waals surface area (Å²) in [5, 5.41) is 0. The van der Waals surface area contributed by atoms with Gasteiger partial charge in [0.15, 0.2) is 0 Å². The number of fused-ring (bicyclic) bond motifs is 1. The Morgan fingerprint density at radius 3 is 2.56 bits per heavy atom. The van der Waals surface area contributed by atoms with Gasteiger partial charge in [-0.1, -0.05) is 32.4 Å². The number of para-hydroxylation sites is 2. The second-order valence-corrected chi connectivity index (χ2v) is 4.55. The molecule has 0 amide bonds. The van der Waals surface area contributed by atoms with Crippen LogP contribution in [0.25, 0.3) is 11.0 Å². The average Bonchev–Trinajstić information content (AvgIpc) is 2.68. The molecule has 1 aromatic carbocycles. The highest BCUT2D eigenvalue weighted by molar-refractivity contribution is 5.76. The molecule has 18 heavy (non-hydrogen) atoms. The first-order chi connectivity index (χ1) is 8.43. The van der Waals surface area contributed by atoms with Crippen LogP contribution < -0.4 is 0 Å². The topological polar surface area (TPSA) is 17.8 Å². The molecular weight excluding hydrogens is 241 g/mol. The van der Waals surface area contributed by atoms with Crippen LogP contribution in [0.3, 0.4) is 0 Å². The normalized spacial score (nSPS) is 14.1. The van der Waals surface area contributed by atoms with E-state index in [4.69, 9.17) is 0 Å². The maximum Gasteiger partial charge on any atom is 0.449 e. The zero-order valence-electron chi connectivity index (χ0n) is 10.3. The van der Waals surface area contributed by atoms with Crippen molar-refractivity contribution in [1.29, 1.82) is 0 Å². The van der Waals surface area contributed by atoms with E-state index in [0.29, 0.717) is 17.6 Å². The van der Waals surface area contributed by atoms with Crippen LogP contribution in [0.4, 0.5) is 13.2 Å². The molecule has 5 heteroatoms. The molecule has 0 bridgehead atoms. The van der Waals surface area contributed by atoms with Gasteiger partial charge in [0.05, 0.1) is 11.0 Å². The van der Waals surface area contributed by atoms with Crippen LogP contribution in [0, 0.1) is 5.92 Å². The fraction of sp³-hybridized carbons (Fsp3) is 0.462. The Balaban J connectivity index is 2.58. The second-order valence-electron chi connectivity index (χ2n) is 4.55. The minimum atomic E-state index is -4.41. The molecule has 0 unspecified atom stereocenters. The van der Waals surface area contributed by atoms with Crippen LogP contribution in [0.5, 0.6) is 0 Å². The van der Waals surface area contributed by atoms with E-state index in [1.165, 1.54) is 4.57 Å². The van der Waals surface area contributed by atoms with Gasteiger partial charge >= 0.3 is 6.18 Å². The monoisotopic (exact) mass is 256 g/mol. The van der Waals surface area contributed by atoms with Crippen molar-refractivity contribution >= 4 is 11.0 Å². The Morgan fingerprint density at radius 1 is 1.28 bits per heavy atom. The molecule has 0 radical (unpaired) electrons. The highest BCUT2D eigenvalue weighted by Crippen LogP contribution is 2.32. The molecule has 0 aliphatic heterocycles. The van der Waals surface area contributed by atoms with E-state index in [0.717, 1.165) is 6.42 Å². The van der Waals surface area contributed by atoms with E-state index in [-0.39, 0.29) is 5.92 Å². The Bertz CT molecular complexity index is 543. The molecule has 0 saturated heterocycles. The molecule has 0 aliphatic carbocycles. The number of imidazole rings is 1. The summed E-state index contributed by atoms with van der Waals surface area (Å²) in [5.74, 6) is -0.618. The highest BCUT2D eigenvalue weighted by Gasteiger charge is 2.37. The number of halogens is 3. The molecule has 1 atom stereocenters. The van der Waals surface area contributed by atoms with Crippen molar-refractivity contribution < 1.29 is 13.2 Å². The summed E-state index contributed by atoms with van der Waals surface area (Å²) >= 11 is 0. The molecule has 0 spiro atoms. The Morgan fingerprint density at radius 2 is 1.94 bits per heavy atom. The summed E-state index contributed by atoms with van der Waals surface area (Å²) in [7, 11) is 0. The minimum Gasteiger partial charge on any atom is -0.320 e. The molecule has 2 nitrogen and oxygen atoms in total. The molecule has 0 aliphatic rings. The molecule has 2 aromatic rings. The molecule has 0 saturated carbocycles. The maximum absolute atomic E-state index is 13.0. The fourth-order valence-electron chi connectivity index (χ4n) is 1.92. The quantitative estimate of drug-likeness (QED) is 0.808. The third-order valence-corrected chi connectivity index (χ3v) is 3.10. The van der Waals surface area contributed by atoms with E-state index in [1.807, 2.05) is 13.8 Å². The summed E-state index contributed by atoms with van der Waals surface area (Å²) in [6.45, 7) is 4.25. The van der Waals surface area contributed by atoms with Gasteiger partial charge in [-0.15, -0.1) is 0 Å². The van der Waals surface area contributed by atoms with Gasteiger partial charge in [-0.3, -0.25) is 0 Å². The van der Waals surface area contributed by atoms with Crippen LogP contribution in [0.1, 0.15) is 26.1 Å². The summed E-state index contributed by atoms with van der Waals surface area (Å²) in [6, 6.07) is 6.72. The first-order valence-electron chi connectivity index (χ1n) is 5.96. The average molecular weight is 256 g/mol. The molecule has 0 N–H and O–H groups in total. The predicted octanol–water partition coefficient (Wildman–Crippen LogP) is 4.10. The molecule has 2 rings (SSSR count). The number of nitrogens with zero attached hydrogens (tertiary/aromatic N) is 2. The second kappa shape index (κ2) is 4.63. The van der Waals surface area contributed by atoms with Crippen molar-refractivity contribution in [3.05, 3.63) is 30.1 Å². The van der Waals surface area contributed by atoms with Crippen LogP contribution in [-0.4, -0.2) is 9.55 Å². The van der Waals surface area contributed by atoms with Crippen molar-refractivity contribution in [2.24, 2.45) is 5.92 Å². The molecule has 0 fully saturated rings. The van der Waals surface area contributed by atoms with Crippen LogP contribution >= 0.6 is 0 Å². The van der Waals surface area contributed by atoms with Crippen LogP contribution in [0.2, 0.25) is 0 Å². The maximum atomic E-state index is 13.0. The van der Waals surface area contributed by atoms with Crippen LogP contribution in [-0.2, 0) is 12.7 Å². The number of benzene rings is 1. The third kappa shape index (κ3) is 2.35. The number of aromatic nitrogens is 2. The van der Waals surface area contributed by atoms with E-state index < -0.39 is 12.0 Å². The van der Waals surface area contributed by atoms with Crippen LogP contribution in [0.15, 0.2) is 24.3 Å². The van der Waals surface area contributed by atoms with Gasteiger partial charge in [0, 0.05) is 6.54 Å². The highest BCUT2D eigenvalue weighted by atomic mass is 19.4. The zero-order chi connectivity index (χ0) is 13.3. The largest absolute Gasteiger partial charge is 0.449 e. The van der Waals surface area contributed by atoms with Crippen molar-refractivity contribution in [3.63, 3.8) is 0 Å². The van der Waals surface area contributed by atoms with Gasteiger partial charge in [-0.2, -0.15) is 13.2 Å². The first-order valence-corrected chi connectivity index (χ1v) is 5.96. The lowest BCUT2D eigenvalue weighted by molar-refractivity contribution is -0.147. The zero-order valence-corrected chi connectivity index (χ0v) is 10.3. The van der Waals surface area contributed by atoms with Crippen molar-refractivity contribution in [2.45, 2.75) is 33.0 Å². The van der Waals surface area contributed by atoms with Gasteiger partial charge in [0.2, 0.25) is 5.82 Å². The summed E-state index contributed by atoms with van der Waals surface area (Å²) in [5.41, 5.74) is 0.943. The molecular formula is C13H15F3N2. The number of hydrogen-bond donors (Lipinski definition) is 0. The first kappa shape index (κ1) is 12.9. The van der Waals surface area contributed by atoms with Gasteiger partial charge in [0.25, 0.3) is 0 Å². The van der Waals surface area contributed by atoms with Crippen molar-refractivity contribution in [3.8, 4) is 0 Å².